The van der Waals surface area contributed by atoms with E-state index in [1.54, 1.807) is 29.7 Å². The Morgan fingerprint density at radius 3 is 2.39 bits per heavy atom. The SMILES string of the molecule is CCOC(=O)Cn1c(=NC(=O)c2ccc(N3C(=O)CCC3=O)cc2)sc2cccc(OC)c21. The van der Waals surface area contributed by atoms with Gasteiger partial charge in [0.1, 0.15) is 17.8 Å². The first-order valence-electron chi connectivity index (χ1n) is 10.3. The number of hydrogen-bond acceptors (Lipinski definition) is 7. The number of esters is 1. The molecule has 0 aliphatic carbocycles. The predicted molar refractivity (Wildman–Crippen MR) is 121 cm³/mol. The van der Waals surface area contributed by atoms with Crippen molar-refractivity contribution in [3.63, 3.8) is 0 Å². The third-order valence-corrected chi connectivity index (χ3v) is 6.14. The maximum Gasteiger partial charge on any atom is 0.326 e. The van der Waals surface area contributed by atoms with Crippen molar-refractivity contribution in [2.45, 2.75) is 26.3 Å². The van der Waals surface area contributed by atoms with Crippen LogP contribution in [-0.2, 0) is 25.7 Å². The number of carbonyl (C=O) groups excluding carboxylic acids is 4. The van der Waals surface area contributed by atoms with Gasteiger partial charge in [-0.1, -0.05) is 17.4 Å². The van der Waals surface area contributed by atoms with Crippen LogP contribution in [0.4, 0.5) is 5.69 Å². The third-order valence-electron chi connectivity index (χ3n) is 5.10. The van der Waals surface area contributed by atoms with Gasteiger partial charge in [0.15, 0.2) is 4.80 Å². The van der Waals surface area contributed by atoms with Gasteiger partial charge in [-0.15, -0.1) is 0 Å². The zero-order chi connectivity index (χ0) is 23.5. The van der Waals surface area contributed by atoms with Gasteiger partial charge in [0.2, 0.25) is 11.8 Å². The highest BCUT2D eigenvalue weighted by Gasteiger charge is 2.30. The van der Waals surface area contributed by atoms with Gasteiger partial charge in [-0.25, -0.2) is 0 Å². The van der Waals surface area contributed by atoms with Crippen molar-refractivity contribution in [2.24, 2.45) is 4.99 Å². The Bertz CT molecular complexity index is 1310. The number of benzene rings is 2. The number of hydrogen-bond donors (Lipinski definition) is 0. The van der Waals surface area contributed by atoms with Gasteiger partial charge in [0.05, 0.1) is 24.1 Å². The number of amides is 3. The number of nitrogens with zero attached hydrogens (tertiary/aromatic N) is 3. The summed E-state index contributed by atoms with van der Waals surface area (Å²) in [4.78, 5) is 54.7. The molecule has 2 heterocycles. The minimum atomic E-state index is -0.524. The third kappa shape index (κ3) is 4.42. The summed E-state index contributed by atoms with van der Waals surface area (Å²) in [6.45, 7) is 1.83. The van der Waals surface area contributed by atoms with Crippen molar-refractivity contribution in [3.05, 3.63) is 52.8 Å². The molecule has 33 heavy (non-hydrogen) atoms. The largest absolute Gasteiger partial charge is 0.495 e. The maximum atomic E-state index is 12.9. The molecule has 1 aliphatic heterocycles. The second-order valence-corrected chi connectivity index (χ2v) is 8.18. The second-order valence-electron chi connectivity index (χ2n) is 7.17. The fraction of sp³-hybridized carbons (Fsp3) is 0.261. The standard InChI is InChI=1S/C23H21N3O6S/c1-3-32-20(29)13-25-21-16(31-2)5-4-6-17(21)33-23(25)24-22(30)14-7-9-15(10-8-14)26-18(27)11-12-19(26)28/h4-10H,3,11-13H2,1-2H3. The zero-order valence-corrected chi connectivity index (χ0v) is 18.9. The topological polar surface area (TPSA) is 107 Å². The monoisotopic (exact) mass is 467 g/mol. The van der Waals surface area contributed by atoms with Gasteiger partial charge in [-0.05, 0) is 43.3 Å². The number of aromatic nitrogens is 1. The van der Waals surface area contributed by atoms with E-state index < -0.39 is 11.9 Å². The lowest BCUT2D eigenvalue weighted by molar-refractivity contribution is -0.143. The van der Waals surface area contributed by atoms with Crippen molar-refractivity contribution in [1.29, 1.82) is 0 Å². The molecule has 3 aromatic rings. The average Bonchev–Trinajstić information content (AvgIpc) is 3.32. The number of imide groups is 1. The smallest absolute Gasteiger partial charge is 0.326 e. The maximum absolute atomic E-state index is 12.9. The minimum absolute atomic E-state index is 0.127. The Morgan fingerprint density at radius 1 is 1.06 bits per heavy atom. The van der Waals surface area contributed by atoms with Crippen molar-refractivity contribution >= 4 is 50.9 Å². The van der Waals surface area contributed by atoms with Gasteiger partial charge < -0.3 is 14.0 Å². The number of para-hydroxylation sites is 1. The van der Waals surface area contributed by atoms with Crippen LogP contribution < -0.4 is 14.4 Å². The number of ether oxygens (including phenoxy) is 2. The summed E-state index contributed by atoms with van der Waals surface area (Å²) in [5, 5.41) is 0. The van der Waals surface area contributed by atoms with Crippen LogP contribution in [0.3, 0.4) is 0 Å². The van der Waals surface area contributed by atoms with Gasteiger partial charge in [-0.3, -0.25) is 24.1 Å². The minimum Gasteiger partial charge on any atom is -0.495 e. The van der Waals surface area contributed by atoms with Crippen molar-refractivity contribution in [2.75, 3.05) is 18.6 Å². The van der Waals surface area contributed by atoms with Crippen molar-refractivity contribution in [1.82, 2.24) is 4.57 Å². The molecule has 0 radical (unpaired) electrons. The molecule has 0 saturated carbocycles. The summed E-state index contributed by atoms with van der Waals surface area (Å²) < 4.78 is 12.9. The van der Waals surface area contributed by atoms with Gasteiger partial charge in [-0.2, -0.15) is 4.99 Å². The molecule has 10 heteroatoms. The molecule has 1 saturated heterocycles. The van der Waals surface area contributed by atoms with Crippen LogP contribution >= 0.6 is 11.3 Å². The van der Waals surface area contributed by atoms with Gasteiger partial charge >= 0.3 is 5.97 Å². The van der Waals surface area contributed by atoms with Crippen LogP contribution in [0.15, 0.2) is 47.5 Å². The van der Waals surface area contributed by atoms with Crippen molar-refractivity contribution in [3.8, 4) is 5.75 Å². The molecular formula is C23H21N3O6S. The molecule has 1 aromatic heterocycles. The summed E-state index contributed by atoms with van der Waals surface area (Å²) in [6, 6.07) is 11.6. The van der Waals surface area contributed by atoms with E-state index in [1.807, 2.05) is 12.1 Å². The fourth-order valence-corrected chi connectivity index (χ4v) is 4.64. The number of fused-ring (bicyclic) bond motifs is 1. The molecule has 2 aromatic carbocycles. The van der Waals surface area contributed by atoms with E-state index in [1.165, 1.54) is 30.6 Å². The van der Waals surface area contributed by atoms with Crippen LogP contribution in [0.5, 0.6) is 5.75 Å². The normalized spacial score (nSPS) is 14.2. The highest BCUT2D eigenvalue weighted by Crippen LogP contribution is 2.27. The molecule has 0 atom stereocenters. The Morgan fingerprint density at radius 2 is 1.76 bits per heavy atom. The van der Waals surface area contributed by atoms with Crippen molar-refractivity contribution < 1.29 is 28.7 Å². The first-order chi connectivity index (χ1) is 15.9. The predicted octanol–water partition coefficient (Wildman–Crippen LogP) is 2.67. The number of anilines is 1. The molecule has 4 rings (SSSR count). The summed E-state index contributed by atoms with van der Waals surface area (Å²) in [5.74, 6) is -0.956. The first kappa shape index (κ1) is 22.4. The number of rotatable bonds is 6. The quantitative estimate of drug-likeness (QED) is 0.408. The molecule has 0 spiro atoms. The zero-order valence-electron chi connectivity index (χ0n) is 18.1. The summed E-state index contributed by atoms with van der Waals surface area (Å²) >= 11 is 1.25. The highest BCUT2D eigenvalue weighted by molar-refractivity contribution is 7.16. The molecule has 170 valence electrons. The second kappa shape index (κ2) is 9.37. The molecule has 0 unspecified atom stereocenters. The van der Waals surface area contributed by atoms with E-state index in [0.29, 0.717) is 21.8 Å². The molecule has 0 bridgehead atoms. The molecule has 3 amide bonds. The van der Waals surface area contributed by atoms with E-state index in [-0.39, 0.29) is 43.4 Å². The van der Waals surface area contributed by atoms with Crippen LogP contribution in [0.25, 0.3) is 10.2 Å². The number of thiazole rings is 1. The lowest BCUT2D eigenvalue weighted by atomic mass is 10.2. The molecule has 9 nitrogen and oxygen atoms in total. The lowest BCUT2D eigenvalue weighted by Gasteiger charge is -2.13. The van der Waals surface area contributed by atoms with Gasteiger partial charge in [0, 0.05) is 18.4 Å². The van der Waals surface area contributed by atoms with Crippen LogP contribution in [0.1, 0.15) is 30.1 Å². The van der Waals surface area contributed by atoms with Crippen LogP contribution in [0.2, 0.25) is 0 Å². The summed E-state index contributed by atoms with van der Waals surface area (Å²) in [7, 11) is 1.53. The molecule has 1 fully saturated rings. The van der Waals surface area contributed by atoms with E-state index in [2.05, 4.69) is 4.99 Å². The van der Waals surface area contributed by atoms with E-state index in [0.717, 1.165) is 9.60 Å². The van der Waals surface area contributed by atoms with Gasteiger partial charge in [0.25, 0.3) is 5.91 Å². The lowest BCUT2D eigenvalue weighted by Crippen LogP contribution is -2.28. The highest BCUT2D eigenvalue weighted by atomic mass is 32.1. The Balaban J connectivity index is 1.72. The Kier molecular flexibility index (Phi) is 6.36. The first-order valence-corrected chi connectivity index (χ1v) is 11.1. The molecule has 1 aliphatic rings. The van der Waals surface area contributed by atoms with Crippen LogP contribution in [0, 0.1) is 0 Å². The average molecular weight is 468 g/mol. The van der Waals surface area contributed by atoms with E-state index in [9.17, 15) is 19.2 Å². The van der Waals surface area contributed by atoms with Crippen LogP contribution in [-0.4, -0.2) is 42.0 Å². The van der Waals surface area contributed by atoms with E-state index in [4.69, 9.17) is 9.47 Å². The van der Waals surface area contributed by atoms with E-state index >= 15 is 0 Å². The Hall–Kier alpha value is -3.79. The summed E-state index contributed by atoms with van der Waals surface area (Å²) in [5.41, 5.74) is 1.35. The molecule has 0 N–H and O–H groups in total. The fourth-order valence-electron chi connectivity index (χ4n) is 3.60. The Labute approximate surface area is 192 Å². The number of carbonyl (C=O) groups is 4. The number of methoxy groups -OCH3 is 1. The summed E-state index contributed by atoms with van der Waals surface area (Å²) in [6.07, 6.45) is 0.370. The molecular weight excluding hydrogens is 446 g/mol.